The second kappa shape index (κ2) is 5.38. The summed E-state index contributed by atoms with van der Waals surface area (Å²) in [5.41, 5.74) is 10.4. The maximum Gasteiger partial charge on any atom is 0.194 e. The maximum absolute atomic E-state index is 5.64. The van der Waals surface area contributed by atoms with E-state index < -0.39 is 0 Å². The molecule has 2 heterocycles. The zero-order valence-electron chi connectivity index (χ0n) is 11.8. The largest absolute Gasteiger partial charge is 0.330 e. The molecule has 0 amide bonds. The van der Waals surface area contributed by atoms with Crippen LogP contribution in [0.1, 0.15) is 31.0 Å². The van der Waals surface area contributed by atoms with Crippen LogP contribution in [0.5, 0.6) is 0 Å². The molecule has 0 aliphatic rings. The Bertz CT molecular complexity index is 707. The van der Waals surface area contributed by atoms with Crippen LogP contribution in [0.2, 0.25) is 0 Å². The van der Waals surface area contributed by atoms with Gasteiger partial charge in [-0.3, -0.25) is 4.40 Å². The molecule has 0 unspecified atom stereocenters. The normalized spacial score (nSPS) is 11.6. The van der Waals surface area contributed by atoms with Crippen LogP contribution in [-0.2, 0) is 6.42 Å². The Hall–Kier alpha value is -1.65. The first-order chi connectivity index (χ1) is 9.69. The number of aromatic nitrogens is 2. The van der Waals surface area contributed by atoms with Crippen molar-refractivity contribution < 1.29 is 0 Å². The molecule has 0 aliphatic carbocycles. The van der Waals surface area contributed by atoms with Gasteiger partial charge in [-0.1, -0.05) is 38.1 Å². The molecule has 3 rings (SSSR count). The van der Waals surface area contributed by atoms with Gasteiger partial charge in [0.05, 0.1) is 5.69 Å². The Kier molecular flexibility index (Phi) is 3.59. The molecule has 2 aromatic heterocycles. The van der Waals surface area contributed by atoms with E-state index in [1.54, 1.807) is 11.3 Å². The van der Waals surface area contributed by atoms with E-state index >= 15 is 0 Å². The molecule has 0 aliphatic heterocycles. The highest BCUT2D eigenvalue weighted by Crippen LogP contribution is 2.25. The number of imidazole rings is 1. The van der Waals surface area contributed by atoms with Crippen molar-refractivity contribution in [1.82, 2.24) is 9.38 Å². The molecule has 0 fully saturated rings. The van der Waals surface area contributed by atoms with Crippen LogP contribution in [-0.4, -0.2) is 15.9 Å². The lowest BCUT2D eigenvalue weighted by molar-refractivity contribution is 0.867. The van der Waals surface area contributed by atoms with Gasteiger partial charge < -0.3 is 5.73 Å². The average Bonchev–Trinajstić information content (AvgIpc) is 3.01. The lowest BCUT2D eigenvalue weighted by atomic mass is 10.0. The van der Waals surface area contributed by atoms with Crippen LogP contribution >= 0.6 is 11.3 Å². The highest BCUT2D eigenvalue weighted by molar-refractivity contribution is 7.15. The topological polar surface area (TPSA) is 43.3 Å². The molecule has 0 atom stereocenters. The molecule has 4 heteroatoms. The minimum atomic E-state index is 0.561. The lowest BCUT2D eigenvalue weighted by Gasteiger charge is -2.05. The molecular weight excluding hydrogens is 266 g/mol. The molecule has 1 aromatic carbocycles. The van der Waals surface area contributed by atoms with E-state index in [4.69, 9.17) is 10.7 Å². The van der Waals surface area contributed by atoms with Gasteiger partial charge in [-0.05, 0) is 18.0 Å². The highest BCUT2D eigenvalue weighted by atomic mass is 32.1. The first-order valence-corrected chi connectivity index (χ1v) is 7.83. The van der Waals surface area contributed by atoms with Crippen molar-refractivity contribution in [2.75, 3.05) is 6.54 Å². The third-order valence-corrected chi connectivity index (χ3v) is 4.45. The summed E-state index contributed by atoms with van der Waals surface area (Å²) in [6.45, 7) is 5.09. The first-order valence-electron chi connectivity index (χ1n) is 6.95. The van der Waals surface area contributed by atoms with Crippen molar-refractivity contribution in [1.29, 1.82) is 0 Å². The van der Waals surface area contributed by atoms with Crippen molar-refractivity contribution >= 4 is 16.3 Å². The van der Waals surface area contributed by atoms with E-state index in [-0.39, 0.29) is 0 Å². The Balaban J connectivity index is 1.97. The summed E-state index contributed by atoms with van der Waals surface area (Å²) in [7, 11) is 0. The number of nitrogens with zero attached hydrogens (tertiary/aromatic N) is 2. The van der Waals surface area contributed by atoms with Gasteiger partial charge >= 0.3 is 0 Å². The van der Waals surface area contributed by atoms with Gasteiger partial charge in [-0.15, -0.1) is 11.3 Å². The Morgan fingerprint density at radius 2 is 2.00 bits per heavy atom. The average molecular weight is 285 g/mol. The van der Waals surface area contributed by atoms with E-state index in [2.05, 4.69) is 54.1 Å². The van der Waals surface area contributed by atoms with Crippen LogP contribution in [0.4, 0.5) is 0 Å². The molecule has 0 spiro atoms. The molecule has 2 N–H and O–H groups in total. The highest BCUT2D eigenvalue weighted by Gasteiger charge is 2.09. The molecular formula is C16H19N3S. The minimum Gasteiger partial charge on any atom is -0.330 e. The van der Waals surface area contributed by atoms with Crippen LogP contribution in [0.3, 0.4) is 0 Å². The number of fused-ring (bicyclic) bond motifs is 1. The van der Waals surface area contributed by atoms with Crippen molar-refractivity contribution in [3.05, 3.63) is 47.1 Å². The monoisotopic (exact) mass is 285 g/mol. The van der Waals surface area contributed by atoms with Crippen molar-refractivity contribution in [3.63, 3.8) is 0 Å². The van der Waals surface area contributed by atoms with Gasteiger partial charge in [-0.25, -0.2) is 4.98 Å². The van der Waals surface area contributed by atoms with E-state index in [9.17, 15) is 0 Å². The standard InChI is InChI=1S/C16H19N3S/c1-11(2)12-3-5-13(6-4-12)15-9-19-14(7-8-17)10-20-16(19)18-15/h3-6,9-11H,7-8,17H2,1-2H3. The number of thiazole rings is 1. The molecule has 3 nitrogen and oxygen atoms in total. The number of hydrogen-bond acceptors (Lipinski definition) is 3. The number of hydrogen-bond donors (Lipinski definition) is 1. The second-order valence-corrected chi connectivity index (χ2v) is 6.16. The van der Waals surface area contributed by atoms with Gasteiger partial charge in [0.25, 0.3) is 0 Å². The molecule has 0 saturated carbocycles. The molecule has 3 aromatic rings. The van der Waals surface area contributed by atoms with Gasteiger partial charge in [0.15, 0.2) is 4.96 Å². The minimum absolute atomic E-state index is 0.561. The third-order valence-electron chi connectivity index (χ3n) is 3.56. The Morgan fingerprint density at radius 3 is 2.65 bits per heavy atom. The summed E-state index contributed by atoms with van der Waals surface area (Å²) in [5.74, 6) is 0.561. The molecule has 104 valence electrons. The number of nitrogens with two attached hydrogens (primary N) is 1. The quantitative estimate of drug-likeness (QED) is 0.794. The van der Waals surface area contributed by atoms with Crippen molar-refractivity contribution in [3.8, 4) is 11.3 Å². The maximum atomic E-state index is 5.64. The molecule has 20 heavy (non-hydrogen) atoms. The fourth-order valence-corrected chi connectivity index (χ4v) is 3.24. The van der Waals surface area contributed by atoms with Crippen molar-refractivity contribution in [2.24, 2.45) is 5.73 Å². The van der Waals surface area contributed by atoms with E-state index in [1.807, 2.05) is 0 Å². The lowest BCUT2D eigenvalue weighted by Crippen LogP contribution is -2.04. The smallest absolute Gasteiger partial charge is 0.194 e. The number of rotatable bonds is 4. The zero-order valence-corrected chi connectivity index (χ0v) is 12.7. The van der Waals surface area contributed by atoms with Crippen LogP contribution in [0, 0.1) is 0 Å². The second-order valence-electron chi connectivity index (χ2n) is 5.32. The van der Waals surface area contributed by atoms with Crippen LogP contribution in [0.25, 0.3) is 16.2 Å². The first kappa shape index (κ1) is 13.3. The summed E-state index contributed by atoms with van der Waals surface area (Å²) in [4.78, 5) is 5.74. The van der Waals surface area contributed by atoms with Crippen LogP contribution < -0.4 is 5.73 Å². The zero-order chi connectivity index (χ0) is 14.1. The fourth-order valence-electron chi connectivity index (χ4n) is 2.33. The molecule has 0 saturated heterocycles. The van der Waals surface area contributed by atoms with E-state index in [0.717, 1.165) is 17.1 Å². The van der Waals surface area contributed by atoms with Gasteiger partial charge in [0, 0.05) is 29.3 Å². The summed E-state index contributed by atoms with van der Waals surface area (Å²) >= 11 is 1.67. The Labute approximate surface area is 123 Å². The SMILES string of the molecule is CC(C)c1ccc(-c2cn3c(CCN)csc3n2)cc1. The van der Waals surface area contributed by atoms with Crippen LogP contribution in [0.15, 0.2) is 35.8 Å². The third kappa shape index (κ3) is 2.37. The summed E-state index contributed by atoms with van der Waals surface area (Å²) in [6.07, 6.45) is 3.00. The molecule has 0 bridgehead atoms. The van der Waals surface area contributed by atoms with Gasteiger partial charge in [-0.2, -0.15) is 0 Å². The van der Waals surface area contributed by atoms with Gasteiger partial charge in [0.2, 0.25) is 0 Å². The van der Waals surface area contributed by atoms with Gasteiger partial charge in [0.1, 0.15) is 0 Å². The van der Waals surface area contributed by atoms with Crippen molar-refractivity contribution in [2.45, 2.75) is 26.2 Å². The van der Waals surface area contributed by atoms with E-state index in [0.29, 0.717) is 12.5 Å². The summed E-state index contributed by atoms with van der Waals surface area (Å²) in [6, 6.07) is 8.69. The Morgan fingerprint density at radius 1 is 1.25 bits per heavy atom. The fraction of sp³-hybridized carbons (Fsp3) is 0.312. The predicted molar refractivity (Wildman–Crippen MR) is 85.4 cm³/mol. The predicted octanol–water partition coefficient (Wildman–Crippen LogP) is 3.69. The summed E-state index contributed by atoms with van der Waals surface area (Å²) in [5, 5.41) is 2.14. The number of benzene rings is 1. The molecule has 0 radical (unpaired) electrons. The van der Waals surface area contributed by atoms with E-state index in [1.165, 1.54) is 16.8 Å². The summed E-state index contributed by atoms with van der Waals surface area (Å²) < 4.78 is 2.16.